The molecule has 3 rings (SSSR count). The second kappa shape index (κ2) is 7.09. The summed E-state index contributed by atoms with van der Waals surface area (Å²) in [7, 11) is 0. The molecule has 0 spiro atoms. The molecule has 1 aliphatic rings. The summed E-state index contributed by atoms with van der Waals surface area (Å²) in [5.41, 5.74) is 3.35. The summed E-state index contributed by atoms with van der Waals surface area (Å²) in [6.07, 6.45) is 2.02. The number of aryl methyl sites for hydroxylation is 1. The first kappa shape index (κ1) is 15.9. The Bertz CT molecular complexity index is 693. The number of carbonyl (C=O) groups excluding carboxylic acids is 1. The van der Waals surface area contributed by atoms with Crippen LogP contribution in [0.25, 0.3) is 0 Å². The van der Waals surface area contributed by atoms with Crippen LogP contribution >= 0.6 is 11.8 Å². The molecule has 120 valence electrons. The maximum Gasteiger partial charge on any atom is 0.255 e. The van der Waals surface area contributed by atoms with Crippen LogP contribution in [0.5, 0.6) is 0 Å². The van der Waals surface area contributed by atoms with E-state index in [0.29, 0.717) is 0 Å². The molecule has 1 saturated heterocycles. The highest BCUT2D eigenvalue weighted by Gasteiger charge is 2.23. The second-order valence-electron chi connectivity index (χ2n) is 5.82. The van der Waals surface area contributed by atoms with Crippen molar-refractivity contribution in [1.82, 2.24) is 4.90 Å². The zero-order valence-corrected chi connectivity index (χ0v) is 14.5. The zero-order valence-electron chi connectivity index (χ0n) is 13.7. The number of hydrogen-bond donors (Lipinski definition) is 0. The minimum atomic E-state index is 0.152. The van der Waals surface area contributed by atoms with E-state index < -0.39 is 0 Å². The van der Waals surface area contributed by atoms with Crippen molar-refractivity contribution in [3.8, 4) is 0 Å². The van der Waals surface area contributed by atoms with Crippen molar-refractivity contribution >= 4 is 23.4 Å². The Hall–Kier alpha value is -1.94. The number of amides is 1. The van der Waals surface area contributed by atoms with Crippen LogP contribution < -0.4 is 4.90 Å². The highest BCUT2D eigenvalue weighted by Crippen LogP contribution is 2.23. The molecule has 1 aliphatic heterocycles. The van der Waals surface area contributed by atoms with Gasteiger partial charge in [-0.3, -0.25) is 4.79 Å². The standard InChI is InChI=1S/C19H22N2OS/c1-15-6-5-7-16(14-15)20-10-12-21(13-11-20)19(22)17-8-3-4-9-18(17)23-2/h3-9,14H,10-13H2,1-2H3. The molecule has 2 aromatic carbocycles. The first-order valence-electron chi connectivity index (χ1n) is 7.93. The Morgan fingerprint density at radius 1 is 1.00 bits per heavy atom. The molecule has 1 amide bonds. The van der Waals surface area contributed by atoms with Crippen molar-refractivity contribution in [2.24, 2.45) is 0 Å². The normalized spacial score (nSPS) is 14.9. The van der Waals surface area contributed by atoms with Gasteiger partial charge in [-0.25, -0.2) is 0 Å². The molecular weight excluding hydrogens is 304 g/mol. The number of carbonyl (C=O) groups is 1. The van der Waals surface area contributed by atoms with Crippen molar-refractivity contribution in [1.29, 1.82) is 0 Å². The van der Waals surface area contributed by atoms with Crippen molar-refractivity contribution in [3.05, 3.63) is 59.7 Å². The van der Waals surface area contributed by atoms with Gasteiger partial charge in [0.2, 0.25) is 0 Å². The van der Waals surface area contributed by atoms with Crippen molar-refractivity contribution in [2.45, 2.75) is 11.8 Å². The van der Waals surface area contributed by atoms with Gasteiger partial charge in [-0.1, -0.05) is 24.3 Å². The largest absolute Gasteiger partial charge is 0.368 e. The lowest BCUT2D eigenvalue weighted by Gasteiger charge is -2.36. The van der Waals surface area contributed by atoms with Gasteiger partial charge in [-0.2, -0.15) is 0 Å². The van der Waals surface area contributed by atoms with E-state index in [4.69, 9.17) is 0 Å². The van der Waals surface area contributed by atoms with Crippen molar-refractivity contribution < 1.29 is 4.79 Å². The van der Waals surface area contributed by atoms with Gasteiger partial charge in [-0.15, -0.1) is 11.8 Å². The fourth-order valence-electron chi connectivity index (χ4n) is 2.98. The monoisotopic (exact) mass is 326 g/mol. The van der Waals surface area contributed by atoms with E-state index in [1.165, 1.54) is 11.3 Å². The highest BCUT2D eigenvalue weighted by molar-refractivity contribution is 7.98. The number of anilines is 1. The molecule has 0 N–H and O–H groups in total. The molecule has 0 saturated carbocycles. The Balaban J connectivity index is 1.68. The zero-order chi connectivity index (χ0) is 16.2. The van der Waals surface area contributed by atoms with Crippen molar-refractivity contribution in [3.63, 3.8) is 0 Å². The van der Waals surface area contributed by atoms with Crippen molar-refractivity contribution in [2.75, 3.05) is 37.3 Å². The second-order valence-corrected chi connectivity index (χ2v) is 6.67. The van der Waals surface area contributed by atoms with Gasteiger partial charge in [0.25, 0.3) is 5.91 Å². The molecule has 0 aliphatic carbocycles. The number of nitrogens with zero attached hydrogens (tertiary/aromatic N) is 2. The van der Waals surface area contributed by atoms with Crippen LogP contribution in [-0.4, -0.2) is 43.2 Å². The third-order valence-corrected chi connectivity index (χ3v) is 5.07. The lowest BCUT2D eigenvalue weighted by Crippen LogP contribution is -2.48. The Morgan fingerprint density at radius 3 is 2.43 bits per heavy atom. The highest BCUT2D eigenvalue weighted by atomic mass is 32.2. The summed E-state index contributed by atoms with van der Waals surface area (Å²) in [5.74, 6) is 0.152. The number of hydrogen-bond acceptors (Lipinski definition) is 3. The number of rotatable bonds is 3. The average molecular weight is 326 g/mol. The minimum absolute atomic E-state index is 0.152. The fourth-order valence-corrected chi connectivity index (χ4v) is 3.57. The lowest BCUT2D eigenvalue weighted by atomic mass is 10.1. The Kier molecular flexibility index (Phi) is 4.91. The van der Waals surface area contributed by atoms with E-state index in [2.05, 4.69) is 36.1 Å². The summed E-state index contributed by atoms with van der Waals surface area (Å²) in [4.78, 5) is 18.2. The fraction of sp³-hybridized carbons (Fsp3) is 0.316. The van der Waals surface area contributed by atoms with E-state index in [1.807, 2.05) is 35.4 Å². The third-order valence-electron chi connectivity index (χ3n) is 4.27. The van der Waals surface area contributed by atoms with Crippen LogP contribution in [0.15, 0.2) is 53.4 Å². The van der Waals surface area contributed by atoms with E-state index in [-0.39, 0.29) is 5.91 Å². The molecule has 2 aromatic rings. The van der Waals surface area contributed by atoms with Crippen LogP contribution in [-0.2, 0) is 0 Å². The predicted octanol–water partition coefficient (Wildman–Crippen LogP) is 3.68. The van der Waals surface area contributed by atoms with E-state index in [9.17, 15) is 4.79 Å². The molecule has 0 aromatic heterocycles. The molecule has 0 radical (unpaired) electrons. The number of benzene rings is 2. The van der Waals surface area contributed by atoms with Gasteiger partial charge in [0, 0.05) is 36.8 Å². The first-order valence-corrected chi connectivity index (χ1v) is 9.15. The molecule has 3 nitrogen and oxygen atoms in total. The predicted molar refractivity (Wildman–Crippen MR) is 97.5 cm³/mol. The third kappa shape index (κ3) is 3.53. The topological polar surface area (TPSA) is 23.6 Å². The summed E-state index contributed by atoms with van der Waals surface area (Å²) >= 11 is 1.63. The summed E-state index contributed by atoms with van der Waals surface area (Å²) in [6.45, 7) is 5.43. The molecule has 0 atom stereocenters. The van der Waals surface area contributed by atoms with E-state index >= 15 is 0 Å². The van der Waals surface area contributed by atoms with Gasteiger partial charge in [-0.05, 0) is 43.0 Å². The van der Waals surface area contributed by atoms with Gasteiger partial charge in [0.15, 0.2) is 0 Å². The van der Waals surface area contributed by atoms with Gasteiger partial charge in [0.05, 0.1) is 5.56 Å². The van der Waals surface area contributed by atoms with Gasteiger partial charge in [0.1, 0.15) is 0 Å². The van der Waals surface area contributed by atoms with Crippen LogP contribution in [0.2, 0.25) is 0 Å². The van der Waals surface area contributed by atoms with E-state index in [1.54, 1.807) is 11.8 Å². The molecular formula is C19H22N2OS. The van der Waals surface area contributed by atoms with Crippen LogP contribution in [0, 0.1) is 6.92 Å². The molecule has 0 unspecified atom stereocenters. The Labute approximate surface area is 142 Å². The summed E-state index contributed by atoms with van der Waals surface area (Å²) in [6, 6.07) is 16.4. The smallest absolute Gasteiger partial charge is 0.255 e. The van der Waals surface area contributed by atoms with Crippen LogP contribution in [0.3, 0.4) is 0 Å². The minimum Gasteiger partial charge on any atom is -0.368 e. The Morgan fingerprint density at radius 2 is 1.74 bits per heavy atom. The SMILES string of the molecule is CSc1ccccc1C(=O)N1CCN(c2cccc(C)c2)CC1. The summed E-state index contributed by atoms with van der Waals surface area (Å²) in [5, 5.41) is 0. The maximum absolute atomic E-state index is 12.8. The van der Waals surface area contributed by atoms with E-state index in [0.717, 1.165) is 36.6 Å². The molecule has 1 fully saturated rings. The van der Waals surface area contributed by atoms with Crippen LogP contribution in [0.4, 0.5) is 5.69 Å². The first-order chi connectivity index (χ1) is 11.2. The molecule has 4 heteroatoms. The van der Waals surface area contributed by atoms with Crippen LogP contribution in [0.1, 0.15) is 15.9 Å². The lowest BCUT2D eigenvalue weighted by molar-refractivity contribution is 0.0743. The van der Waals surface area contributed by atoms with Gasteiger partial charge < -0.3 is 9.80 Å². The average Bonchev–Trinajstić information content (AvgIpc) is 2.61. The molecule has 23 heavy (non-hydrogen) atoms. The molecule has 1 heterocycles. The van der Waals surface area contributed by atoms with Gasteiger partial charge >= 0.3 is 0 Å². The maximum atomic E-state index is 12.8. The number of piperazine rings is 1. The number of thioether (sulfide) groups is 1. The molecule has 0 bridgehead atoms. The summed E-state index contributed by atoms with van der Waals surface area (Å²) < 4.78 is 0. The quantitative estimate of drug-likeness (QED) is 0.804.